The van der Waals surface area contributed by atoms with E-state index in [0.717, 1.165) is 32.7 Å². The van der Waals surface area contributed by atoms with Gasteiger partial charge >= 0.3 is 0 Å². The summed E-state index contributed by atoms with van der Waals surface area (Å²) in [6, 6.07) is 23.6. The summed E-state index contributed by atoms with van der Waals surface area (Å²) in [5.74, 6) is 0. The SMILES string of the molecule is COS(=O)Nc1ccc2ccccc2c1-c1c(P=O)ccc2ccccc12.[Ar].[Ar]. The number of fused-ring (bicyclic) bond motifs is 2. The van der Waals surface area contributed by atoms with Gasteiger partial charge in [0.05, 0.1) is 18.1 Å². The minimum absolute atomic E-state index is 0. The fraction of sp³-hybridized carbons (Fsp3) is 0.0476. The molecule has 150 valence electrons. The Bertz CT molecular complexity index is 1200. The summed E-state index contributed by atoms with van der Waals surface area (Å²) in [7, 11) is 1.31. The third-order valence-corrected chi connectivity index (χ3v) is 5.79. The number of hydrogen-bond acceptors (Lipinski definition) is 3. The molecule has 0 amide bonds. The molecule has 4 nitrogen and oxygen atoms in total. The summed E-state index contributed by atoms with van der Waals surface area (Å²) in [5, 5.41) is 4.74. The third-order valence-electron chi connectivity index (χ3n) is 4.53. The van der Waals surface area contributed by atoms with Crippen LogP contribution in [-0.2, 0) is 20.0 Å². The molecule has 4 aromatic carbocycles. The first kappa shape index (κ1) is 25.2. The molecule has 0 aliphatic heterocycles. The van der Waals surface area contributed by atoms with E-state index >= 15 is 0 Å². The Morgan fingerprint density at radius 2 is 1.34 bits per heavy atom. The molecule has 29 heavy (non-hydrogen) atoms. The predicted octanol–water partition coefficient (Wildman–Crippen LogP) is 5.21. The quantitative estimate of drug-likeness (QED) is 0.405. The second-order valence-corrected chi connectivity index (χ2v) is 7.66. The first-order chi connectivity index (χ1) is 13.2. The maximum absolute atomic E-state index is 12.0. The van der Waals surface area contributed by atoms with E-state index in [9.17, 15) is 8.77 Å². The van der Waals surface area contributed by atoms with E-state index in [-0.39, 0.29) is 83.9 Å². The molecular formula is C21H16Ar2NO3PS. The first-order valence-electron chi connectivity index (χ1n) is 8.33. The minimum Gasteiger partial charge on any atom is -0.282 e. The molecule has 0 aliphatic rings. The van der Waals surface area contributed by atoms with Crippen molar-refractivity contribution in [3.05, 3.63) is 72.8 Å². The standard InChI is InChI=1S/C21H16NO3PS.2Ar/c1-25-27(24)22-18-12-10-14-6-2-4-8-16(14)20(18)21-17-9-5-3-7-15(17)11-13-19(21)26-23;;/h2-13,22H,1H3;;. The second-order valence-electron chi connectivity index (χ2n) is 5.98. The summed E-state index contributed by atoms with van der Waals surface area (Å²) in [4.78, 5) is 0. The molecule has 8 heteroatoms. The zero-order chi connectivity index (χ0) is 18.8. The molecule has 0 spiro atoms. The summed E-state index contributed by atoms with van der Waals surface area (Å²) < 4.78 is 31.8. The normalized spacial score (nSPS) is 11.6. The van der Waals surface area contributed by atoms with Crippen molar-refractivity contribution in [3.63, 3.8) is 0 Å². The summed E-state index contributed by atoms with van der Waals surface area (Å²) >= 11 is -1.68. The van der Waals surface area contributed by atoms with E-state index in [1.807, 2.05) is 72.8 Å². The zero-order valence-corrected chi connectivity index (χ0v) is 18.3. The summed E-state index contributed by atoms with van der Waals surface area (Å²) in [6.07, 6.45) is 0. The Morgan fingerprint density at radius 3 is 1.93 bits per heavy atom. The number of hydrogen-bond donors (Lipinski definition) is 1. The van der Waals surface area contributed by atoms with E-state index in [0.29, 0.717) is 11.0 Å². The Kier molecular flexibility index (Phi) is 10.0. The molecular weight excluding hydrogens is 457 g/mol. The molecule has 0 fully saturated rings. The second kappa shape index (κ2) is 11.5. The molecule has 0 heterocycles. The van der Waals surface area contributed by atoms with Crippen molar-refractivity contribution < 1.29 is 88.4 Å². The molecule has 0 aliphatic carbocycles. The van der Waals surface area contributed by atoms with Crippen LogP contribution >= 0.6 is 8.46 Å². The first-order valence-corrected chi connectivity index (χ1v) is 10.2. The van der Waals surface area contributed by atoms with E-state index in [4.69, 9.17) is 4.18 Å². The van der Waals surface area contributed by atoms with Gasteiger partial charge in [-0.25, -0.2) is 4.21 Å². The van der Waals surface area contributed by atoms with Crippen LogP contribution < -0.4 is 10.0 Å². The molecule has 1 unspecified atom stereocenters. The monoisotopic (exact) mass is 473 g/mol. The van der Waals surface area contributed by atoms with E-state index < -0.39 is 11.3 Å². The van der Waals surface area contributed by atoms with Crippen LogP contribution in [0.2, 0.25) is 0 Å². The van der Waals surface area contributed by atoms with Crippen LogP contribution in [0.5, 0.6) is 0 Å². The molecule has 0 bridgehead atoms. The number of nitrogens with one attached hydrogen (secondary N) is 1. The average Bonchev–Trinajstić information content (AvgIpc) is 2.73. The van der Waals surface area contributed by atoms with Crippen LogP contribution in [0.25, 0.3) is 32.7 Å². The smallest absolute Gasteiger partial charge is 0.261 e. The maximum atomic E-state index is 12.0. The topological polar surface area (TPSA) is 55.4 Å². The number of rotatable bonds is 5. The molecule has 0 saturated heterocycles. The van der Waals surface area contributed by atoms with Gasteiger partial charge in [-0.15, -0.1) is 0 Å². The van der Waals surface area contributed by atoms with Gasteiger partial charge in [0, 0.05) is 86.6 Å². The molecule has 0 aromatic heterocycles. The fourth-order valence-corrected chi connectivity index (χ4v) is 4.25. The van der Waals surface area contributed by atoms with Gasteiger partial charge in [-0.05, 0) is 33.7 Å². The van der Waals surface area contributed by atoms with Gasteiger partial charge in [0.2, 0.25) is 0 Å². The molecule has 1 N–H and O–H groups in total. The van der Waals surface area contributed by atoms with Crippen LogP contribution in [-0.4, -0.2) is 11.3 Å². The van der Waals surface area contributed by atoms with Crippen LogP contribution in [0.3, 0.4) is 0 Å². The van der Waals surface area contributed by atoms with Crippen molar-refractivity contribution in [2.75, 3.05) is 11.8 Å². The molecule has 1 atom stereocenters. The summed E-state index contributed by atoms with van der Waals surface area (Å²) in [5.41, 5.74) is 2.38. The Hall–Kier alpha value is -0.0705. The van der Waals surface area contributed by atoms with Gasteiger partial charge in [-0.2, -0.15) is 0 Å². The van der Waals surface area contributed by atoms with E-state index in [2.05, 4.69) is 4.72 Å². The summed E-state index contributed by atoms with van der Waals surface area (Å²) in [6.45, 7) is 0. The number of anilines is 1. The number of benzene rings is 4. The van der Waals surface area contributed by atoms with Crippen LogP contribution in [0, 0.1) is 75.5 Å². The van der Waals surface area contributed by atoms with Crippen molar-refractivity contribution in [2.45, 2.75) is 0 Å². The third kappa shape index (κ3) is 5.23. The minimum atomic E-state index is -1.68. The van der Waals surface area contributed by atoms with Gasteiger partial charge in [0.25, 0.3) is 11.3 Å². The molecule has 0 radical (unpaired) electrons. The van der Waals surface area contributed by atoms with Gasteiger partial charge < -0.3 is 0 Å². The molecule has 4 aromatic rings. The predicted molar refractivity (Wildman–Crippen MR) is 113 cm³/mol. The van der Waals surface area contributed by atoms with E-state index in [1.54, 1.807) is 0 Å². The largest absolute Gasteiger partial charge is 0.282 e. The van der Waals surface area contributed by atoms with Crippen molar-refractivity contribution in [3.8, 4) is 11.1 Å². The van der Waals surface area contributed by atoms with E-state index in [1.165, 1.54) is 7.11 Å². The zero-order valence-electron chi connectivity index (χ0n) is 15.2. The Balaban J connectivity index is 0.00000150. The Morgan fingerprint density at radius 1 is 0.793 bits per heavy atom. The van der Waals surface area contributed by atoms with Crippen LogP contribution in [0.1, 0.15) is 0 Å². The van der Waals surface area contributed by atoms with Crippen molar-refractivity contribution in [1.29, 1.82) is 0 Å². The molecule has 4 rings (SSSR count). The fourth-order valence-electron chi connectivity index (χ4n) is 3.36. The van der Waals surface area contributed by atoms with Crippen molar-refractivity contribution >= 4 is 52.3 Å². The van der Waals surface area contributed by atoms with Crippen molar-refractivity contribution in [2.24, 2.45) is 0 Å². The van der Waals surface area contributed by atoms with Crippen molar-refractivity contribution in [1.82, 2.24) is 0 Å². The van der Waals surface area contributed by atoms with Crippen LogP contribution in [0.4, 0.5) is 5.69 Å². The molecule has 0 saturated carbocycles. The maximum Gasteiger partial charge on any atom is 0.261 e. The van der Waals surface area contributed by atoms with Gasteiger partial charge in [-0.1, -0.05) is 60.7 Å². The van der Waals surface area contributed by atoms with Crippen LogP contribution in [0.15, 0.2) is 72.8 Å². The van der Waals surface area contributed by atoms with Gasteiger partial charge in [0.1, 0.15) is 0 Å². The van der Waals surface area contributed by atoms with Gasteiger partial charge in [-0.3, -0.25) is 13.5 Å². The van der Waals surface area contributed by atoms with Gasteiger partial charge in [0.15, 0.2) is 8.46 Å². The Labute approximate surface area is 233 Å². The average molecular weight is 473 g/mol.